The van der Waals surface area contributed by atoms with Crippen LogP contribution in [0.15, 0.2) is 0 Å². The van der Waals surface area contributed by atoms with Crippen LogP contribution in [-0.4, -0.2) is 22.4 Å². The van der Waals surface area contributed by atoms with E-state index >= 15 is 0 Å². The van der Waals surface area contributed by atoms with Gasteiger partial charge in [-0.3, -0.25) is 0 Å². The van der Waals surface area contributed by atoms with Crippen molar-refractivity contribution in [3.63, 3.8) is 0 Å². The van der Waals surface area contributed by atoms with Crippen molar-refractivity contribution in [1.29, 1.82) is 0 Å². The molecule has 4 nitrogen and oxygen atoms in total. The molecule has 0 amide bonds. The summed E-state index contributed by atoms with van der Waals surface area (Å²) < 4.78 is 26.4. The molecule has 0 aromatic heterocycles. The molecule has 0 bridgehead atoms. The molecule has 25 heavy (non-hydrogen) atoms. The van der Waals surface area contributed by atoms with Crippen LogP contribution in [0.1, 0.15) is 109 Å². The zero-order valence-corrected chi connectivity index (χ0v) is 20.5. The average Bonchev–Trinajstić information content (AvgIpc) is 2.45. The Kier molecular flexibility index (Phi) is 9.37. The molecule has 152 valence electrons. The molecule has 0 aliphatic heterocycles. The first kappa shape index (κ1) is 25.6. The standard InChI is InChI=1S/4C5H11O.Ti/c4*1-4-5(2,3)6;/h4*4H2,1-3H3;/q4*-1;+4. The Morgan fingerprint density at radius 1 is 0.440 bits per heavy atom. The van der Waals surface area contributed by atoms with Gasteiger partial charge in [-0.2, -0.15) is 0 Å². The molecule has 0 radical (unpaired) electrons. The van der Waals surface area contributed by atoms with Crippen molar-refractivity contribution in [2.75, 3.05) is 0 Å². The van der Waals surface area contributed by atoms with Gasteiger partial charge in [-0.05, 0) is 0 Å². The molecule has 5 heteroatoms. The molecule has 0 spiro atoms. The minimum atomic E-state index is -4.07. The molecule has 0 rings (SSSR count). The molecule has 0 aliphatic rings. The normalized spacial score (nSPS) is 14.9. The number of rotatable bonds is 12. The van der Waals surface area contributed by atoms with Crippen LogP contribution in [0, 0.1) is 0 Å². The first-order valence-electron chi connectivity index (χ1n) is 9.88. The van der Waals surface area contributed by atoms with Gasteiger partial charge in [0.2, 0.25) is 0 Å². The monoisotopic (exact) mass is 396 g/mol. The third kappa shape index (κ3) is 9.35. The van der Waals surface area contributed by atoms with Gasteiger partial charge in [0.15, 0.2) is 0 Å². The molecule has 0 aromatic rings. The van der Waals surface area contributed by atoms with E-state index in [4.69, 9.17) is 13.3 Å². The molecule has 0 unspecified atom stereocenters. The fourth-order valence-corrected chi connectivity index (χ4v) is 7.29. The molecule has 0 heterocycles. The van der Waals surface area contributed by atoms with Crippen LogP contribution in [0.2, 0.25) is 0 Å². The molecule has 0 N–H and O–H groups in total. The molecule has 0 saturated carbocycles. The first-order chi connectivity index (χ1) is 11.1. The van der Waals surface area contributed by atoms with E-state index in [0.717, 1.165) is 25.7 Å². The summed E-state index contributed by atoms with van der Waals surface area (Å²) in [6.45, 7) is 25.1. The van der Waals surface area contributed by atoms with E-state index in [1.165, 1.54) is 0 Å². The summed E-state index contributed by atoms with van der Waals surface area (Å²) in [5, 5.41) is 0. The van der Waals surface area contributed by atoms with Crippen LogP contribution < -0.4 is 0 Å². The van der Waals surface area contributed by atoms with Crippen molar-refractivity contribution >= 4 is 0 Å². The van der Waals surface area contributed by atoms with Gasteiger partial charge in [-0.1, -0.05) is 0 Å². The van der Waals surface area contributed by atoms with Gasteiger partial charge in [0.25, 0.3) is 0 Å². The van der Waals surface area contributed by atoms with Crippen LogP contribution in [-0.2, 0) is 31.4 Å². The van der Waals surface area contributed by atoms with E-state index in [1.54, 1.807) is 0 Å². The van der Waals surface area contributed by atoms with Gasteiger partial charge in [-0.15, -0.1) is 0 Å². The Hall–Kier alpha value is 0.554. The van der Waals surface area contributed by atoms with E-state index in [1.807, 2.05) is 0 Å². The topological polar surface area (TPSA) is 36.9 Å². The van der Waals surface area contributed by atoms with Crippen molar-refractivity contribution in [2.24, 2.45) is 0 Å². The van der Waals surface area contributed by atoms with Crippen molar-refractivity contribution in [1.82, 2.24) is 0 Å². The van der Waals surface area contributed by atoms with Crippen LogP contribution in [0.5, 0.6) is 0 Å². The molecule has 0 aromatic carbocycles. The molecule has 0 fully saturated rings. The van der Waals surface area contributed by atoms with Crippen molar-refractivity contribution in [3.05, 3.63) is 0 Å². The van der Waals surface area contributed by atoms with Crippen molar-refractivity contribution < 1.29 is 31.4 Å². The van der Waals surface area contributed by atoms with Crippen molar-refractivity contribution in [3.8, 4) is 0 Å². The van der Waals surface area contributed by atoms with Gasteiger partial charge >= 0.3 is 163 Å². The molecule has 0 saturated heterocycles. The minimum absolute atomic E-state index is 0.364. The molecule has 0 aliphatic carbocycles. The van der Waals surface area contributed by atoms with Crippen LogP contribution in [0.4, 0.5) is 0 Å². The summed E-state index contributed by atoms with van der Waals surface area (Å²) in [5.41, 5.74) is -1.45. The fourth-order valence-electron chi connectivity index (χ4n) is 1.77. The maximum absolute atomic E-state index is 6.61. The predicted molar refractivity (Wildman–Crippen MR) is 102 cm³/mol. The number of hydrogen-bond donors (Lipinski definition) is 0. The van der Waals surface area contributed by atoms with Crippen LogP contribution in [0.25, 0.3) is 0 Å². The van der Waals surface area contributed by atoms with Crippen molar-refractivity contribution in [2.45, 2.75) is 131 Å². The van der Waals surface area contributed by atoms with Gasteiger partial charge in [-0.25, -0.2) is 0 Å². The summed E-state index contributed by atoms with van der Waals surface area (Å²) in [6.07, 6.45) is 3.45. The van der Waals surface area contributed by atoms with E-state index in [-0.39, 0.29) is 22.4 Å². The van der Waals surface area contributed by atoms with Gasteiger partial charge in [0, 0.05) is 0 Å². The Bertz CT molecular complexity index is 325. The molecular formula is C20H44O4Ti. The zero-order chi connectivity index (χ0) is 20.2. The second kappa shape index (κ2) is 9.16. The predicted octanol–water partition coefficient (Wildman–Crippen LogP) is 6.62. The Balaban J connectivity index is 6.09. The fraction of sp³-hybridized carbons (Fsp3) is 1.00. The summed E-state index contributed by atoms with van der Waals surface area (Å²) >= 11 is -4.07. The maximum atomic E-state index is 6.61. The van der Waals surface area contributed by atoms with E-state index < -0.39 is 18.1 Å². The third-order valence-corrected chi connectivity index (χ3v) is 10.0. The SMILES string of the molecule is CCC(C)(C)[O][Ti]([O]C(C)(C)CC)([O]C(C)(C)CC)[O]C(C)(C)CC. The van der Waals surface area contributed by atoms with Crippen LogP contribution in [0.3, 0.4) is 0 Å². The van der Waals surface area contributed by atoms with E-state index in [0.29, 0.717) is 0 Å². The molecule has 0 atom stereocenters. The summed E-state index contributed by atoms with van der Waals surface area (Å²) in [7, 11) is 0. The zero-order valence-electron chi connectivity index (χ0n) is 19.0. The number of hydrogen-bond acceptors (Lipinski definition) is 4. The quantitative estimate of drug-likeness (QED) is 0.347. The molecular weight excluding hydrogens is 352 g/mol. The van der Waals surface area contributed by atoms with E-state index in [2.05, 4.69) is 83.1 Å². The van der Waals surface area contributed by atoms with E-state index in [9.17, 15) is 0 Å². The Morgan fingerprint density at radius 3 is 0.720 bits per heavy atom. The third-order valence-electron chi connectivity index (χ3n) is 5.01. The second-order valence-corrected chi connectivity index (χ2v) is 12.2. The first-order valence-corrected chi connectivity index (χ1v) is 12.4. The van der Waals surface area contributed by atoms with Crippen LogP contribution >= 0.6 is 0 Å². The van der Waals surface area contributed by atoms with Gasteiger partial charge in [0.05, 0.1) is 0 Å². The average molecular weight is 396 g/mol. The van der Waals surface area contributed by atoms with Gasteiger partial charge in [0.1, 0.15) is 0 Å². The Labute approximate surface area is 162 Å². The second-order valence-electron chi connectivity index (χ2n) is 9.36. The summed E-state index contributed by atoms with van der Waals surface area (Å²) in [6, 6.07) is 0. The summed E-state index contributed by atoms with van der Waals surface area (Å²) in [5.74, 6) is 0. The van der Waals surface area contributed by atoms with Gasteiger partial charge < -0.3 is 0 Å². The Morgan fingerprint density at radius 2 is 0.600 bits per heavy atom. The summed E-state index contributed by atoms with van der Waals surface area (Å²) in [4.78, 5) is 0.